The van der Waals surface area contributed by atoms with Gasteiger partial charge in [0.1, 0.15) is 5.71 Å². The van der Waals surface area contributed by atoms with Gasteiger partial charge in [-0.1, -0.05) is 13.8 Å². The molecule has 2 aliphatic rings. The van der Waals surface area contributed by atoms with Crippen molar-refractivity contribution in [1.82, 2.24) is 14.7 Å². The molecule has 1 fully saturated rings. The van der Waals surface area contributed by atoms with Crippen molar-refractivity contribution >= 4 is 22.9 Å². The third kappa shape index (κ3) is 4.89. The first-order chi connectivity index (χ1) is 14.2. The van der Waals surface area contributed by atoms with Gasteiger partial charge in [-0.25, -0.2) is 0 Å². The first-order valence-electron chi connectivity index (χ1n) is 10.8. The normalized spacial score (nSPS) is 22.5. The van der Waals surface area contributed by atoms with Crippen LogP contribution >= 0.6 is 0 Å². The van der Waals surface area contributed by atoms with Crippen LogP contribution in [0.15, 0.2) is 35.2 Å². The van der Waals surface area contributed by atoms with Gasteiger partial charge in [-0.15, -0.1) is 0 Å². The molecular formula is C23H34N6O. The Hall–Kier alpha value is -2.70. The molecule has 2 aliphatic heterocycles. The number of nitrogens with one attached hydrogen (secondary N) is 1. The van der Waals surface area contributed by atoms with Crippen LogP contribution in [0.2, 0.25) is 0 Å². The fourth-order valence-corrected chi connectivity index (χ4v) is 3.99. The molecule has 0 bridgehead atoms. The lowest BCUT2D eigenvalue weighted by Gasteiger charge is -2.25. The summed E-state index contributed by atoms with van der Waals surface area (Å²) in [5.74, 6) is 0.174. The first-order valence-corrected chi connectivity index (χ1v) is 10.8. The van der Waals surface area contributed by atoms with Gasteiger partial charge in [0, 0.05) is 48.2 Å². The number of carbonyl (C=O) groups excluding carboxylic acids is 1. The maximum Gasteiger partial charge on any atom is 0.271 e. The highest BCUT2D eigenvalue weighted by Gasteiger charge is 2.34. The Labute approximate surface area is 179 Å². The zero-order chi connectivity index (χ0) is 22.0. The van der Waals surface area contributed by atoms with E-state index < -0.39 is 0 Å². The minimum absolute atomic E-state index is 0.0353. The van der Waals surface area contributed by atoms with Gasteiger partial charge >= 0.3 is 0 Å². The SMILES string of the molecule is CC1=NC(C2CCN(C(=O)C(=N)C=C(N)C(C)C)C2)CC(c2cnn(C(C)C)c2)=C1. The number of carbonyl (C=O) groups is 1. The largest absolute Gasteiger partial charge is 0.402 e. The van der Waals surface area contributed by atoms with E-state index in [0.717, 1.165) is 24.1 Å². The van der Waals surface area contributed by atoms with Crippen molar-refractivity contribution in [1.29, 1.82) is 5.41 Å². The van der Waals surface area contributed by atoms with E-state index >= 15 is 0 Å². The maximum absolute atomic E-state index is 12.7. The number of aliphatic imine (C=N–C) groups is 1. The van der Waals surface area contributed by atoms with Crippen LogP contribution < -0.4 is 5.73 Å². The molecule has 3 rings (SSSR count). The van der Waals surface area contributed by atoms with Crippen LogP contribution in [0.4, 0.5) is 0 Å². The van der Waals surface area contributed by atoms with Crippen molar-refractivity contribution < 1.29 is 4.79 Å². The first kappa shape index (κ1) is 22.0. The minimum Gasteiger partial charge on any atom is -0.402 e. The number of likely N-dealkylation sites (tertiary alicyclic amines) is 1. The topological polar surface area (TPSA) is 100 Å². The van der Waals surface area contributed by atoms with Crippen LogP contribution in [0.1, 0.15) is 59.1 Å². The second kappa shape index (κ2) is 8.98. The average molecular weight is 411 g/mol. The highest BCUT2D eigenvalue weighted by molar-refractivity contribution is 6.42. The van der Waals surface area contributed by atoms with Crippen LogP contribution in [0.3, 0.4) is 0 Å². The Kier molecular flexibility index (Phi) is 6.58. The molecule has 0 radical (unpaired) electrons. The Balaban J connectivity index is 1.66. The summed E-state index contributed by atoms with van der Waals surface area (Å²) in [7, 11) is 0. The predicted molar refractivity (Wildman–Crippen MR) is 122 cm³/mol. The summed E-state index contributed by atoms with van der Waals surface area (Å²) in [6.45, 7) is 11.5. The van der Waals surface area contributed by atoms with Gasteiger partial charge in [0.2, 0.25) is 0 Å². The van der Waals surface area contributed by atoms with E-state index in [2.05, 4.69) is 31.2 Å². The van der Waals surface area contributed by atoms with Gasteiger partial charge in [0.05, 0.1) is 12.2 Å². The van der Waals surface area contributed by atoms with Crippen molar-refractivity contribution in [3.8, 4) is 0 Å². The van der Waals surface area contributed by atoms with E-state index in [1.54, 1.807) is 4.90 Å². The van der Waals surface area contributed by atoms with Crippen LogP contribution in [-0.2, 0) is 4.79 Å². The van der Waals surface area contributed by atoms with E-state index in [9.17, 15) is 4.79 Å². The van der Waals surface area contributed by atoms with Crippen molar-refractivity contribution in [2.75, 3.05) is 13.1 Å². The Bertz CT molecular complexity index is 905. The van der Waals surface area contributed by atoms with Crippen LogP contribution in [0, 0.1) is 17.2 Å². The highest BCUT2D eigenvalue weighted by Crippen LogP contribution is 2.32. The molecule has 1 aromatic rings. The smallest absolute Gasteiger partial charge is 0.271 e. The molecule has 0 aromatic carbocycles. The second-order valence-electron chi connectivity index (χ2n) is 9.03. The molecule has 30 heavy (non-hydrogen) atoms. The lowest BCUT2D eigenvalue weighted by molar-refractivity contribution is -0.123. The summed E-state index contributed by atoms with van der Waals surface area (Å²) in [5, 5.41) is 12.6. The monoisotopic (exact) mass is 410 g/mol. The molecule has 162 valence electrons. The number of nitrogens with two attached hydrogens (primary N) is 1. The Morgan fingerprint density at radius 2 is 2.07 bits per heavy atom. The number of rotatable bonds is 6. The van der Waals surface area contributed by atoms with Gasteiger partial charge < -0.3 is 10.6 Å². The third-order valence-corrected chi connectivity index (χ3v) is 5.95. The number of allylic oxidation sites excluding steroid dienone is 2. The minimum atomic E-state index is -0.244. The number of amides is 1. The molecule has 1 aromatic heterocycles. The molecule has 2 unspecified atom stereocenters. The molecule has 3 N–H and O–H groups in total. The summed E-state index contributed by atoms with van der Waals surface area (Å²) in [4.78, 5) is 19.3. The average Bonchev–Trinajstić information content (AvgIpc) is 3.36. The van der Waals surface area contributed by atoms with Crippen LogP contribution in [0.25, 0.3) is 5.57 Å². The van der Waals surface area contributed by atoms with Crippen molar-refractivity contribution in [2.24, 2.45) is 22.6 Å². The van der Waals surface area contributed by atoms with E-state index in [-0.39, 0.29) is 23.6 Å². The number of dihydropyridines is 1. The molecule has 7 nitrogen and oxygen atoms in total. The molecule has 2 atom stereocenters. The maximum atomic E-state index is 12.7. The Morgan fingerprint density at radius 1 is 1.33 bits per heavy atom. The summed E-state index contributed by atoms with van der Waals surface area (Å²) < 4.78 is 1.98. The lowest BCUT2D eigenvalue weighted by Crippen LogP contribution is -2.35. The molecule has 0 aliphatic carbocycles. The van der Waals surface area contributed by atoms with Crippen LogP contribution in [-0.4, -0.2) is 51.1 Å². The lowest BCUT2D eigenvalue weighted by atomic mass is 9.88. The van der Waals surface area contributed by atoms with E-state index in [4.69, 9.17) is 16.1 Å². The molecule has 3 heterocycles. The van der Waals surface area contributed by atoms with Gasteiger partial charge in [0.25, 0.3) is 5.91 Å². The predicted octanol–water partition coefficient (Wildman–Crippen LogP) is 3.45. The summed E-state index contributed by atoms with van der Waals surface area (Å²) in [6.07, 6.45) is 9.43. The van der Waals surface area contributed by atoms with Crippen molar-refractivity contribution in [3.63, 3.8) is 0 Å². The second-order valence-corrected chi connectivity index (χ2v) is 9.03. The summed E-state index contributed by atoms with van der Waals surface area (Å²) >= 11 is 0. The molecule has 0 saturated carbocycles. The van der Waals surface area contributed by atoms with E-state index in [1.807, 2.05) is 31.6 Å². The van der Waals surface area contributed by atoms with Crippen LogP contribution in [0.5, 0.6) is 0 Å². The number of hydrogen-bond donors (Lipinski definition) is 2. The zero-order valence-corrected chi connectivity index (χ0v) is 18.7. The molecule has 1 amide bonds. The molecular weight excluding hydrogens is 376 g/mol. The van der Waals surface area contributed by atoms with E-state index in [0.29, 0.717) is 30.7 Å². The van der Waals surface area contributed by atoms with E-state index in [1.165, 1.54) is 11.6 Å². The van der Waals surface area contributed by atoms with Crippen molar-refractivity contribution in [3.05, 3.63) is 35.8 Å². The van der Waals surface area contributed by atoms with Gasteiger partial charge in [-0.3, -0.25) is 19.9 Å². The standard InChI is InChI=1S/C23H34N6O/c1-14(2)20(24)10-21(25)23(30)28-7-6-17(12-28)22-9-18(8-16(5)27-22)19-11-26-29(13-19)15(3)4/h8,10-11,13-15,17,22,25H,6-7,9,12,24H2,1-5H3. The number of hydrogen-bond acceptors (Lipinski definition) is 5. The molecule has 0 spiro atoms. The highest BCUT2D eigenvalue weighted by atomic mass is 16.2. The van der Waals surface area contributed by atoms with Gasteiger partial charge in [-0.2, -0.15) is 5.10 Å². The molecule has 7 heteroatoms. The summed E-state index contributed by atoms with van der Waals surface area (Å²) in [6, 6.07) is 0.479. The number of aromatic nitrogens is 2. The van der Waals surface area contributed by atoms with Gasteiger partial charge in [-0.05, 0) is 57.3 Å². The summed E-state index contributed by atoms with van der Waals surface area (Å²) in [5.41, 5.74) is 9.87. The van der Waals surface area contributed by atoms with Gasteiger partial charge in [0.15, 0.2) is 0 Å². The Morgan fingerprint density at radius 3 is 2.70 bits per heavy atom. The quantitative estimate of drug-likeness (QED) is 0.702. The zero-order valence-electron chi connectivity index (χ0n) is 18.7. The fourth-order valence-electron chi connectivity index (χ4n) is 3.99. The fraction of sp³-hybridized carbons (Fsp3) is 0.565. The third-order valence-electron chi connectivity index (χ3n) is 5.95. The molecule has 1 saturated heterocycles. The number of nitrogens with zero attached hydrogens (tertiary/aromatic N) is 4. The van der Waals surface area contributed by atoms with Crippen molar-refractivity contribution in [2.45, 2.75) is 59.5 Å².